The van der Waals surface area contributed by atoms with Crippen molar-refractivity contribution in [1.29, 1.82) is 0 Å². The van der Waals surface area contributed by atoms with Crippen LogP contribution < -0.4 is 10.3 Å². The summed E-state index contributed by atoms with van der Waals surface area (Å²) in [5, 5.41) is 0.315. The second kappa shape index (κ2) is 12.5. The predicted molar refractivity (Wildman–Crippen MR) is 153 cm³/mol. The Morgan fingerprint density at radius 3 is 2.26 bits per heavy atom. The molecule has 0 aliphatic heterocycles. The van der Waals surface area contributed by atoms with Crippen molar-refractivity contribution in [3.63, 3.8) is 0 Å². The lowest BCUT2D eigenvalue weighted by Crippen LogP contribution is -2.22. The number of fused-ring (bicyclic) bond motifs is 1. The van der Waals surface area contributed by atoms with Crippen molar-refractivity contribution in [1.82, 2.24) is 14.1 Å². The third kappa shape index (κ3) is 6.06. The van der Waals surface area contributed by atoms with Crippen molar-refractivity contribution in [3.05, 3.63) is 68.4 Å². The molecule has 0 amide bonds. The number of carbonyl (C=O) groups is 2. The highest BCUT2D eigenvalue weighted by molar-refractivity contribution is 7.99. The lowest BCUT2D eigenvalue weighted by molar-refractivity contribution is -0.145. The van der Waals surface area contributed by atoms with E-state index in [0.29, 0.717) is 37.5 Å². The van der Waals surface area contributed by atoms with Gasteiger partial charge in [0, 0.05) is 5.69 Å². The van der Waals surface area contributed by atoms with E-state index in [1.807, 2.05) is 31.2 Å². The van der Waals surface area contributed by atoms with Gasteiger partial charge in [-0.25, -0.2) is 4.98 Å². The van der Waals surface area contributed by atoms with Crippen molar-refractivity contribution in [2.75, 3.05) is 19.0 Å². The van der Waals surface area contributed by atoms with Gasteiger partial charge < -0.3 is 9.47 Å². The van der Waals surface area contributed by atoms with E-state index in [-0.39, 0.29) is 30.1 Å². The maximum absolute atomic E-state index is 13.8. The molecule has 0 saturated heterocycles. The molecule has 11 heteroatoms. The first kappa shape index (κ1) is 27.7. The molecule has 4 aromatic rings. The minimum absolute atomic E-state index is 0.0517. The molecule has 0 spiro atoms. The summed E-state index contributed by atoms with van der Waals surface area (Å²) < 4.78 is 14.6. The smallest absolute Gasteiger partial charge is 0.313 e. The average molecular weight is 570 g/mol. The monoisotopic (exact) mass is 569 g/mol. The zero-order chi connectivity index (χ0) is 27.2. The number of nitrogens with zero attached hydrogens (tertiary/aromatic N) is 3. The fourth-order valence-corrected chi connectivity index (χ4v) is 5.96. The molecule has 0 atom stereocenters. The zero-order valence-corrected chi connectivity index (χ0v) is 23.7. The van der Waals surface area contributed by atoms with E-state index in [9.17, 15) is 14.4 Å². The molecular weight excluding hydrogens is 543 g/mol. The number of ether oxygens (including phenoxy) is 2. The predicted octanol–water partition coefficient (Wildman–Crippen LogP) is 5.54. The molecule has 2 aromatic heterocycles. The molecule has 0 unspecified atom stereocenters. The molecule has 198 valence electrons. The van der Waals surface area contributed by atoms with Crippen LogP contribution in [0.4, 0.5) is 0 Å². The minimum atomic E-state index is -0.577. The Morgan fingerprint density at radius 1 is 0.974 bits per heavy atom. The highest BCUT2D eigenvalue weighted by atomic mass is 32.2. The lowest BCUT2D eigenvalue weighted by atomic mass is 10.1. The van der Waals surface area contributed by atoms with E-state index >= 15 is 0 Å². The first-order valence-electron chi connectivity index (χ1n) is 12.2. The summed E-state index contributed by atoms with van der Waals surface area (Å²) in [5.74, 6) is -0.274. The topological polar surface area (TPSA) is 92.4 Å². The molecule has 0 bridgehead atoms. The molecule has 4 rings (SSSR count). The number of Topliss-reactive ketones (excluding diaryl/α,β-unsaturated/α-hetero) is 1. The van der Waals surface area contributed by atoms with Gasteiger partial charge >= 0.3 is 5.97 Å². The van der Waals surface area contributed by atoms with Gasteiger partial charge in [0.25, 0.3) is 5.56 Å². The van der Waals surface area contributed by atoms with E-state index < -0.39 is 5.97 Å². The fraction of sp³-hybridized carbons (Fsp3) is 0.296. The Kier molecular flexibility index (Phi) is 9.13. The Labute approximate surface area is 233 Å². The largest absolute Gasteiger partial charge is 0.494 e. The Hall–Kier alpha value is -3.28. The van der Waals surface area contributed by atoms with E-state index in [4.69, 9.17) is 26.7 Å². The second-order valence-corrected chi connectivity index (χ2v) is 10.7. The van der Waals surface area contributed by atoms with Gasteiger partial charge in [-0.3, -0.25) is 23.5 Å². The number of ketones is 1. The van der Waals surface area contributed by atoms with E-state index in [0.717, 1.165) is 23.9 Å². The quantitative estimate of drug-likeness (QED) is 0.0764. The SMILES string of the molecule is CCOC(=O)CC(=O)CSc1nc2c(sc(=S)n2-c2ccc(CC)cc2)c(=O)n1-c1ccc(OCC)cc1. The van der Waals surface area contributed by atoms with Crippen LogP contribution in [-0.2, 0) is 20.7 Å². The number of thioether (sulfide) groups is 1. The summed E-state index contributed by atoms with van der Waals surface area (Å²) in [7, 11) is 0. The second-order valence-electron chi connectivity index (χ2n) is 8.15. The van der Waals surface area contributed by atoms with Crippen LogP contribution in [0.5, 0.6) is 5.75 Å². The average Bonchev–Trinajstić information content (AvgIpc) is 3.24. The summed E-state index contributed by atoms with van der Waals surface area (Å²) in [4.78, 5) is 42.9. The summed E-state index contributed by atoms with van der Waals surface area (Å²) in [6, 6.07) is 15.0. The van der Waals surface area contributed by atoms with Crippen LogP contribution in [-0.4, -0.2) is 44.8 Å². The minimum Gasteiger partial charge on any atom is -0.494 e. The number of aryl methyl sites for hydroxylation is 1. The van der Waals surface area contributed by atoms with Crippen molar-refractivity contribution < 1.29 is 19.1 Å². The van der Waals surface area contributed by atoms with Crippen LogP contribution >= 0.6 is 35.3 Å². The van der Waals surface area contributed by atoms with Crippen LogP contribution in [0.2, 0.25) is 0 Å². The number of benzene rings is 2. The first-order valence-corrected chi connectivity index (χ1v) is 14.4. The molecule has 2 heterocycles. The number of thiazole rings is 1. The van der Waals surface area contributed by atoms with Crippen molar-refractivity contribution in [2.24, 2.45) is 0 Å². The Balaban J connectivity index is 1.82. The van der Waals surface area contributed by atoms with Crippen molar-refractivity contribution >= 4 is 57.4 Å². The lowest BCUT2D eigenvalue weighted by Gasteiger charge is -2.13. The highest BCUT2D eigenvalue weighted by Crippen LogP contribution is 2.28. The molecule has 38 heavy (non-hydrogen) atoms. The molecule has 2 aromatic carbocycles. The molecule has 0 fully saturated rings. The van der Waals surface area contributed by atoms with Gasteiger partial charge in [0.1, 0.15) is 16.9 Å². The zero-order valence-electron chi connectivity index (χ0n) is 21.3. The molecule has 0 saturated carbocycles. The van der Waals surface area contributed by atoms with Gasteiger partial charge in [-0.2, -0.15) is 0 Å². The number of rotatable bonds is 11. The number of aromatic nitrogens is 3. The number of esters is 1. The Bertz CT molecular complexity index is 1570. The molecule has 0 aliphatic carbocycles. The summed E-state index contributed by atoms with van der Waals surface area (Å²) in [6.07, 6.45) is 0.566. The molecule has 0 N–H and O–H groups in total. The number of carbonyl (C=O) groups excluding carboxylic acids is 2. The number of hydrogen-bond acceptors (Lipinski definition) is 9. The van der Waals surface area contributed by atoms with Crippen molar-refractivity contribution in [2.45, 2.75) is 38.8 Å². The molecule has 8 nitrogen and oxygen atoms in total. The van der Waals surface area contributed by atoms with Crippen molar-refractivity contribution in [3.8, 4) is 17.1 Å². The van der Waals surface area contributed by atoms with Crippen LogP contribution in [0.1, 0.15) is 32.8 Å². The van der Waals surface area contributed by atoms with E-state index in [1.165, 1.54) is 21.5 Å². The first-order chi connectivity index (χ1) is 18.4. The fourth-order valence-electron chi connectivity index (χ4n) is 3.80. The normalized spacial score (nSPS) is 11.0. The van der Waals surface area contributed by atoms with Gasteiger partial charge in [-0.05, 0) is 74.4 Å². The highest BCUT2D eigenvalue weighted by Gasteiger charge is 2.20. The third-order valence-electron chi connectivity index (χ3n) is 5.59. The summed E-state index contributed by atoms with van der Waals surface area (Å²) in [5.41, 5.74) is 2.70. The van der Waals surface area contributed by atoms with Gasteiger partial charge in [-0.1, -0.05) is 42.2 Å². The van der Waals surface area contributed by atoms with Crippen LogP contribution in [0, 0.1) is 3.95 Å². The van der Waals surface area contributed by atoms with Crippen LogP contribution in [0.3, 0.4) is 0 Å². The van der Waals surface area contributed by atoms with Gasteiger partial charge in [0.15, 0.2) is 20.5 Å². The number of hydrogen-bond donors (Lipinski definition) is 0. The van der Waals surface area contributed by atoms with E-state index in [1.54, 1.807) is 35.8 Å². The van der Waals surface area contributed by atoms with Gasteiger partial charge in [0.2, 0.25) is 0 Å². The standard InChI is InChI=1S/C27H27N3O5S3/c1-4-17-7-9-18(10-8-17)29-24-23(38-27(29)36)25(33)30(19-11-13-21(14-12-19)34-5-2)26(28-24)37-16-20(31)15-22(32)35-6-3/h7-14H,4-6,15-16H2,1-3H3. The van der Waals surface area contributed by atoms with Crippen LogP contribution in [0.25, 0.3) is 21.7 Å². The molecule has 0 aliphatic rings. The third-order valence-corrected chi connectivity index (χ3v) is 7.94. The maximum atomic E-state index is 13.8. The summed E-state index contributed by atoms with van der Waals surface area (Å²) in [6.45, 7) is 6.39. The van der Waals surface area contributed by atoms with Crippen LogP contribution in [0.15, 0.2) is 58.5 Å². The summed E-state index contributed by atoms with van der Waals surface area (Å²) >= 11 is 7.94. The molecule has 0 radical (unpaired) electrons. The van der Waals surface area contributed by atoms with Gasteiger partial charge in [0.05, 0.1) is 24.7 Å². The maximum Gasteiger partial charge on any atom is 0.313 e. The molecular formula is C27H27N3O5S3. The Morgan fingerprint density at radius 2 is 1.63 bits per heavy atom. The van der Waals surface area contributed by atoms with Gasteiger partial charge in [-0.15, -0.1) is 0 Å². The van der Waals surface area contributed by atoms with E-state index in [2.05, 4.69) is 6.92 Å².